The van der Waals surface area contributed by atoms with Crippen LogP contribution in [0.25, 0.3) is 6.08 Å². The van der Waals surface area contributed by atoms with Crippen molar-refractivity contribution < 1.29 is 0 Å². The van der Waals surface area contributed by atoms with E-state index in [4.69, 9.17) is 0 Å². The second-order valence-electron chi connectivity index (χ2n) is 2.83. The maximum absolute atomic E-state index is 4.43. The van der Waals surface area contributed by atoms with E-state index < -0.39 is 0 Å². The van der Waals surface area contributed by atoms with E-state index >= 15 is 0 Å². The molecule has 0 spiro atoms. The minimum Gasteiger partial charge on any atom is -0.272 e. The molecule has 1 aromatic heterocycles. The van der Waals surface area contributed by atoms with Gasteiger partial charge in [0.2, 0.25) is 0 Å². The summed E-state index contributed by atoms with van der Waals surface area (Å²) in [6, 6.07) is 0. The predicted octanol–water partition coefficient (Wildman–Crippen LogP) is 1.86. The van der Waals surface area contributed by atoms with E-state index in [1.165, 1.54) is 11.3 Å². The normalized spacial score (nSPS) is 15.0. The summed E-state index contributed by atoms with van der Waals surface area (Å²) in [4.78, 5) is 0. The molecular weight excluding hydrogens is 136 g/mol. The van der Waals surface area contributed by atoms with Gasteiger partial charge in [0.15, 0.2) is 0 Å². The minimum atomic E-state index is 0.973. The quantitative estimate of drug-likeness (QED) is 0.594. The number of aryl methyl sites for hydroxylation is 2. The van der Waals surface area contributed by atoms with Crippen LogP contribution in [-0.4, -0.2) is 9.78 Å². The lowest BCUT2D eigenvalue weighted by Gasteiger charge is -1.99. The van der Waals surface area contributed by atoms with E-state index in [0.29, 0.717) is 0 Å². The molecule has 0 bridgehead atoms. The highest BCUT2D eigenvalue weighted by Crippen LogP contribution is 2.16. The zero-order valence-corrected chi connectivity index (χ0v) is 6.75. The molecule has 0 unspecified atom stereocenters. The number of rotatable bonds is 1. The Hall–Kier alpha value is -1.05. The van der Waals surface area contributed by atoms with Crippen LogP contribution in [-0.2, 0) is 13.0 Å². The Morgan fingerprint density at radius 2 is 2.55 bits per heavy atom. The molecule has 0 aromatic carbocycles. The minimum absolute atomic E-state index is 0.973. The molecule has 0 fully saturated rings. The van der Waals surface area contributed by atoms with Crippen LogP contribution < -0.4 is 0 Å². The van der Waals surface area contributed by atoms with E-state index in [-0.39, 0.29) is 0 Å². The van der Waals surface area contributed by atoms with Crippen LogP contribution in [0.2, 0.25) is 0 Å². The van der Waals surface area contributed by atoms with E-state index in [1.807, 2.05) is 4.68 Å². The number of aromatic nitrogens is 2. The smallest absolute Gasteiger partial charge is 0.0699 e. The van der Waals surface area contributed by atoms with Gasteiger partial charge >= 0.3 is 0 Å². The number of hydrogen-bond acceptors (Lipinski definition) is 1. The largest absolute Gasteiger partial charge is 0.272 e. The van der Waals surface area contributed by atoms with Crippen molar-refractivity contribution in [1.29, 1.82) is 0 Å². The van der Waals surface area contributed by atoms with E-state index in [2.05, 4.69) is 30.4 Å². The topological polar surface area (TPSA) is 17.8 Å². The molecule has 1 aliphatic carbocycles. The fraction of sp³-hybridized carbons (Fsp3) is 0.444. The Bertz CT molecular complexity index is 284. The van der Waals surface area contributed by atoms with Gasteiger partial charge in [0.05, 0.1) is 5.69 Å². The van der Waals surface area contributed by atoms with Gasteiger partial charge in [-0.1, -0.05) is 12.2 Å². The van der Waals surface area contributed by atoms with Gasteiger partial charge in [0, 0.05) is 18.3 Å². The molecule has 0 aliphatic heterocycles. The Kier molecular flexibility index (Phi) is 1.53. The molecule has 2 rings (SSSR count). The average Bonchev–Trinajstić information content (AvgIpc) is 2.46. The Balaban J connectivity index is 2.42. The summed E-state index contributed by atoms with van der Waals surface area (Å²) >= 11 is 0. The van der Waals surface area contributed by atoms with Gasteiger partial charge in [0.25, 0.3) is 0 Å². The molecule has 2 heteroatoms. The summed E-state index contributed by atoms with van der Waals surface area (Å²) in [6.07, 6.45) is 8.75. The van der Waals surface area contributed by atoms with Crippen LogP contribution in [0.3, 0.4) is 0 Å². The third-order valence-electron chi connectivity index (χ3n) is 2.04. The van der Waals surface area contributed by atoms with Gasteiger partial charge in [0.1, 0.15) is 0 Å². The maximum atomic E-state index is 4.43. The Morgan fingerprint density at radius 3 is 3.27 bits per heavy atom. The van der Waals surface area contributed by atoms with Crippen LogP contribution in [0, 0.1) is 0 Å². The lowest BCUT2D eigenvalue weighted by atomic mass is 10.1. The van der Waals surface area contributed by atoms with Crippen molar-refractivity contribution in [2.75, 3.05) is 0 Å². The fourth-order valence-corrected chi connectivity index (χ4v) is 1.40. The highest BCUT2D eigenvalue weighted by atomic mass is 15.3. The first-order valence-corrected chi connectivity index (χ1v) is 4.13. The van der Waals surface area contributed by atoms with E-state index in [1.54, 1.807) is 0 Å². The van der Waals surface area contributed by atoms with Crippen molar-refractivity contribution in [2.45, 2.75) is 26.3 Å². The van der Waals surface area contributed by atoms with Crippen LogP contribution >= 0.6 is 0 Å². The summed E-state index contributed by atoms with van der Waals surface area (Å²) in [7, 11) is 0. The standard InChI is InChI=1S/C9H12N2/c1-2-11-7-8-5-3-4-6-9(8)10-11/h3,5,7H,2,4,6H2,1H3. The zero-order chi connectivity index (χ0) is 7.68. The number of hydrogen-bond donors (Lipinski definition) is 0. The lowest BCUT2D eigenvalue weighted by molar-refractivity contribution is 0.646. The lowest BCUT2D eigenvalue weighted by Crippen LogP contribution is -1.96. The third kappa shape index (κ3) is 1.09. The van der Waals surface area contributed by atoms with Crippen molar-refractivity contribution >= 4 is 6.08 Å². The Labute approximate surface area is 66.5 Å². The predicted molar refractivity (Wildman–Crippen MR) is 45.3 cm³/mol. The van der Waals surface area contributed by atoms with Crippen LogP contribution in [0.4, 0.5) is 0 Å². The van der Waals surface area contributed by atoms with Crippen LogP contribution in [0.15, 0.2) is 12.3 Å². The molecule has 11 heavy (non-hydrogen) atoms. The van der Waals surface area contributed by atoms with Crippen molar-refractivity contribution in [2.24, 2.45) is 0 Å². The molecule has 58 valence electrons. The van der Waals surface area contributed by atoms with Crippen molar-refractivity contribution in [3.63, 3.8) is 0 Å². The van der Waals surface area contributed by atoms with Gasteiger partial charge in [-0.25, -0.2) is 0 Å². The second kappa shape index (κ2) is 2.53. The molecule has 1 aromatic rings. The number of nitrogens with zero attached hydrogens (tertiary/aromatic N) is 2. The molecule has 0 N–H and O–H groups in total. The monoisotopic (exact) mass is 148 g/mol. The molecule has 0 saturated carbocycles. The van der Waals surface area contributed by atoms with Crippen molar-refractivity contribution in [3.05, 3.63) is 23.5 Å². The highest BCUT2D eigenvalue weighted by Gasteiger charge is 2.07. The maximum Gasteiger partial charge on any atom is 0.0699 e. The van der Waals surface area contributed by atoms with Crippen LogP contribution in [0.5, 0.6) is 0 Å². The van der Waals surface area contributed by atoms with Crippen LogP contribution in [0.1, 0.15) is 24.6 Å². The first-order valence-electron chi connectivity index (χ1n) is 4.13. The molecular formula is C9H12N2. The number of allylic oxidation sites excluding steroid dienone is 1. The molecule has 1 aliphatic rings. The van der Waals surface area contributed by atoms with Gasteiger partial charge in [-0.15, -0.1) is 0 Å². The zero-order valence-electron chi connectivity index (χ0n) is 6.75. The summed E-state index contributed by atoms with van der Waals surface area (Å²) < 4.78 is 2.00. The molecule has 1 heterocycles. The van der Waals surface area contributed by atoms with Gasteiger partial charge < -0.3 is 0 Å². The van der Waals surface area contributed by atoms with Gasteiger partial charge in [-0.3, -0.25) is 4.68 Å². The summed E-state index contributed by atoms with van der Waals surface area (Å²) in [6.45, 7) is 3.09. The first kappa shape index (κ1) is 6.65. The summed E-state index contributed by atoms with van der Waals surface area (Å²) in [5.74, 6) is 0. The molecule has 0 saturated heterocycles. The average molecular weight is 148 g/mol. The molecule has 0 radical (unpaired) electrons. The highest BCUT2D eigenvalue weighted by molar-refractivity contribution is 5.53. The number of fused-ring (bicyclic) bond motifs is 1. The van der Waals surface area contributed by atoms with E-state index in [9.17, 15) is 0 Å². The fourth-order valence-electron chi connectivity index (χ4n) is 1.40. The molecule has 0 atom stereocenters. The third-order valence-corrected chi connectivity index (χ3v) is 2.04. The second-order valence-corrected chi connectivity index (χ2v) is 2.83. The van der Waals surface area contributed by atoms with E-state index in [0.717, 1.165) is 19.4 Å². The first-order chi connectivity index (χ1) is 5.40. The molecule has 0 amide bonds. The van der Waals surface area contributed by atoms with Gasteiger partial charge in [-0.05, 0) is 19.8 Å². The van der Waals surface area contributed by atoms with Crippen molar-refractivity contribution in [1.82, 2.24) is 9.78 Å². The summed E-state index contributed by atoms with van der Waals surface area (Å²) in [5, 5.41) is 4.43. The van der Waals surface area contributed by atoms with Crippen molar-refractivity contribution in [3.8, 4) is 0 Å². The molecule has 2 nitrogen and oxygen atoms in total. The van der Waals surface area contributed by atoms with Gasteiger partial charge in [-0.2, -0.15) is 5.10 Å². The SMILES string of the molecule is CCn1cc2c(n1)CCC=C2. The summed E-state index contributed by atoms with van der Waals surface area (Å²) in [5.41, 5.74) is 2.56. The Morgan fingerprint density at radius 1 is 1.64 bits per heavy atom.